The maximum absolute atomic E-state index is 6.11. The first-order chi connectivity index (χ1) is 7.06. The van der Waals surface area contributed by atoms with Crippen LogP contribution in [0.1, 0.15) is 41.5 Å². The zero-order valence-corrected chi connectivity index (χ0v) is 15.2. The molecule has 0 atom stereocenters. The highest BCUT2D eigenvalue weighted by Gasteiger charge is 2.50. The zero-order chi connectivity index (χ0) is 13.0. The van der Waals surface area contributed by atoms with E-state index in [1.54, 1.807) is 0 Å². The molecule has 0 aromatic heterocycles. The molecule has 7 radical (unpaired) electrons. The van der Waals surface area contributed by atoms with Crippen LogP contribution in [-0.4, -0.2) is 38.8 Å². The molecule has 0 spiro atoms. The molecule has 0 aliphatic carbocycles. The Bertz CT molecular complexity index is 196. The molecule has 3 nitrogen and oxygen atoms in total. The normalized spacial score (nSPS) is 14.2. The number of hydrogen-bond acceptors (Lipinski definition) is 3. The second kappa shape index (κ2) is 6.07. The van der Waals surface area contributed by atoms with Crippen LogP contribution in [0.15, 0.2) is 0 Å². The molecule has 0 unspecified atom stereocenters. The summed E-state index contributed by atoms with van der Waals surface area (Å²) in [6.45, 7) is 15.8. The quantitative estimate of drug-likeness (QED) is 0.574. The average Bonchev–Trinajstić information content (AvgIpc) is 2.08. The van der Waals surface area contributed by atoms with Crippen LogP contribution in [-0.2, 0) is 12.3 Å². The largest absolute Gasteiger partial charge is 0.435 e. The molecule has 7 heteroatoms. The monoisotopic (exact) mass is 289 g/mol. The number of rotatable bonds is 5. The first-order valence-electron chi connectivity index (χ1n) is 5.22. The van der Waals surface area contributed by atoms with E-state index < -0.39 is 8.32 Å². The van der Waals surface area contributed by atoms with E-state index in [2.05, 4.69) is 62.7 Å². The lowest BCUT2D eigenvalue weighted by molar-refractivity contribution is 0.381. The van der Waals surface area contributed by atoms with Crippen LogP contribution < -0.4 is 0 Å². The summed E-state index contributed by atoms with van der Waals surface area (Å²) in [4.78, 5) is 0. The van der Waals surface area contributed by atoms with Crippen molar-refractivity contribution >= 4 is 38.8 Å². The summed E-state index contributed by atoms with van der Waals surface area (Å²) < 4.78 is 16.1. The van der Waals surface area contributed by atoms with Gasteiger partial charge in [-0.3, -0.25) is 0 Å². The van der Waals surface area contributed by atoms with Gasteiger partial charge < -0.3 is 12.3 Å². The predicted molar refractivity (Wildman–Crippen MR) is 71.6 cm³/mol. The van der Waals surface area contributed by atoms with Crippen LogP contribution in [0, 0.1) is 0 Å². The predicted octanol–water partition coefficient (Wildman–Crippen LogP) is 2.36. The van der Waals surface area contributed by atoms with Crippen LogP contribution in [0.25, 0.3) is 0 Å². The summed E-state index contributed by atoms with van der Waals surface area (Å²) in [7, 11) is 1.07. The molecule has 0 saturated carbocycles. The third-order valence-electron chi connectivity index (χ3n) is 3.23. The van der Waals surface area contributed by atoms with E-state index in [1.165, 1.54) is 0 Å². The summed E-state index contributed by atoms with van der Waals surface area (Å²) in [5.74, 6) is 0. The fraction of sp³-hybridized carbons (Fsp3) is 1.00. The maximum Gasteiger partial charge on any atom is 0.411 e. The lowest BCUT2D eigenvalue weighted by atomic mass is 10.2. The SMILES string of the molecule is CC(C)(C)[Si](C)(O[Si]O[Si]O[Si])C(C)(C)C. The summed E-state index contributed by atoms with van der Waals surface area (Å²) in [6.07, 6.45) is 0. The van der Waals surface area contributed by atoms with Gasteiger partial charge in [0.25, 0.3) is 0 Å². The summed E-state index contributed by atoms with van der Waals surface area (Å²) in [5.41, 5.74) is 0. The van der Waals surface area contributed by atoms with E-state index in [4.69, 9.17) is 8.23 Å². The Balaban J connectivity index is 4.59. The lowest BCUT2D eigenvalue weighted by Gasteiger charge is -2.48. The summed E-state index contributed by atoms with van der Waals surface area (Å²) in [6, 6.07) is 0. The minimum absolute atomic E-state index is 0.00924. The Kier molecular flexibility index (Phi) is 6.36. The Morgan fingerprint density at radius 1 is 0.938 bits per heavy atom. The molecule has 0 N–H and O–H groups in total. The highest BCUT2D eigenvalue weighted by atomic mass is 28.4. The van der Waals surface area contributed by atoms with Crippen molar-refractivity contribution in [1.82, 2.24) is 0 Å². The maximum atomic E-state index is 6.11. The fourth-order valence-corrected chi connectivity index (χ4v) is 8.16. The lowest BCUT2D eigenvalue weighted by Crippen LogP contribution is -2.53. The van der Waals surface area contributed by atoms with E-state index in [0.717, 1.165) is 0 Å². The van der Waals surface area contributed by atoms with Crippen LogP contribution in [0.2, 0.25) is 16.6 Å². The van der Waals surface area contributed by atoms with Gasteiger partial charge in [-0.15, -0.1) is 0 Å². The van der Waals surface area contributed by atoms with Crippen LogP contribution in [0.4, 0.5) is 0 Å². The van der Waals surface area contributed by atoms with Gasteiger partial charge in [0.1, 0.15) is 0 Å². The van der Waals surface area contributed by atoms with Crippen molar-refractivity contribution in [2.75, 3.05) is 0 Å². The van der Waals surface area contributed by atoms with Crippen molar-refractivity contribution in [1.29, 1.82) is 0 Å². The topological polar surface area (TPSA) is 27.7 Å². The highest BCUT2D eigenvalue weighted by molar-refractivity contribution is 6.81. The Labute approximate surface area is 109 Å². The van der Waals surface area contributed by atoms with Gasteiger partial charge in [0, 0.05) is 0 Å². The summed E-state index contributed by atoms with van der Waals surface area (Å²) in [5, 5.41) is 0.360. The van der Waals surface area contributed by atoms with E-state index in [0.29, 0.717) is 0 Å². The molecule has 0 rings (SSSR count). The molecule has 91 valence electrons. The first-order valence-corrected chi connectivity index (χ1v) is 9.67. The van der Waals surface area contributed by atoms with Gasteiger partial charge in [-0.1, -0.05) is 41.5 Å². The molecule has 0 aromatic rings. The Morgan fingerprint density at radius 3 is 1.69 bits per heavy atom. The van der Waals surface area contributed by atoms with Crippen molar-refractivity contribution in [2.24, 2.45) is 0 Å². The minimum atomic E-state index is -1.88. The second-order valence-corrected chi connectivity index (χ2v) is 13.9. The van der Waals surface area contributed by atoms with Gasteiger partial charge in [0.05, 0.1) is 0 Å². The van der Waals surface area contributed by atoms with Crippen molar-refractivity contribution in [2.45, 2.75) is 58.2 Å². The molecular formula is C9H21O3Si4. The molecule has 0 heterocycles. The molecule has 0 saturated heterocycles. The smallest absolute Gasteiger partial charge is 0.411 e. The zero-order valence-electron chi connectivity index (χ0n) is 11.2. The Morgan fingerprint density at radius 2 is 1.38 bits per heavy atom. The summed E-state index contributed by atoms with van der Waals surface area (Å²) >= 11 is 0. The fourth-order valence-electron chi connectivity index (χ4n) is 1.57. The molecular weight excluding hydrogens is 268 g/mol. The van der Waals surface area contributed by atoms with Gasteiger partial charge >= 0.3 is 20.0 Å². The molecule has 16 heavy (non-hydrogen) atoms. The molecule has 0 bridgehead atoms. The van der Waals surface area contributed by atoms with Gasteiger partial charge in [0.2, 0.25) is 10.5 Å². The molecule has 0 aliphatic heterocycles. The molecule has 0 amide bonds. The van der Waals surface area contributed by atoms with E-state index in [1.807, 2.05) is 0 Å². The Hall–Kier alpha value is 0.748. The van der Waals surface area contributed by atoms with E-state index >= 15 is 0 Å². The van der Waals surface area contributed by atoms with Crippen LogP contribution >= 0.6 is 0 Å². The standard InChI is InChI=1S/C9H21O3Si4/c1-8(2,3)16(7,9(4,5)6)12-15-11-14-10-13/h1-7H3. The molecule has 0 fully saturated rings. The third-order valence-corrected chi connectivity index (χ3v) is 11.9. The second-order valence-electron chi connectivity index (χ2n) is 6.01. The van der Waals surface area contributed by atoms with Gasteiger partial charge in [-0.25, -0.2) is 0 Å². The highest BCUT2D eigenvalue weighted by Crippen LogP contribution is 2.51. The van der Waals surface area contributed by atoms with Gasteiger partial charge in [0.15, 0.2) is 8.32 Å². The minimum Gasteiger partial charge on any atom is -0.435 e. The first kappa shape index (κ1) is 16.7. The number of hydrogen-bond donors (Lipinski definition) is 0. The van der Waals surface area contributed by atoms with Crippen molar-refractivity contribution < 1.29 is 12.3 Å². The van der Waals surface area contributed by atoms with Crippen molar-refractivity contribution in [3.63, 3.8) is 0 Å². The van der Waals surface area contributed by atoms with Crippen LogP contribution in [0.5, 0.6) is 0 Å². The van der Waals surface area contributed by atoms with E-state index in [-0.39, 0.29) is 30.1 Å². The van der Waals surface area contributed by atoms with Gasteiger partial charge in [-0.05, 0) is 16.6 Å². The van der Waals surface area contributed by atoms with Gasteiger partial charge in [-0.2, -0.15) is 0 Å². The third kappa shape index (κ3) is 4.20. The molecule has 0 aliphatic rings. The van der Waals surface area contributed by atoms with Crippen molar-refractivity contribution in [3.8, 4) is 0 Å². The average molecular weight is 290 g/mol. The van der Waals surface area contributed by atoms with E-state index in [9.17, 15) is 0 Å². The molecule has 0 aromatic carbocycles. The van der Waals surface area contributed by atoms with Crippen molar-refractivity contribution in [3.05, 3.63) is 0 Å². The van der Waals surface area contributed by atoms with Crippen LogP contribution in [0.3, 0.4) is 0 Å².